The number of nitrogens with one attached hydrogen (secondary N) is 1. The average Bonchev–Trinajstić information content (AvgIpc) is 2.47. The lowest BCUT2D eigenvalue weighted by atomic mass is 9.81. The van der Waals surface area contributed by atoms with Crippen LogP contribution in [0.15, 0.2) is 30.3 Å². The molecule has 0 amide bonds. The number of sulfone groups is 1. The van der Waals surface area contributed by atoms with E-state index in [2.05, 4.69) is 17.4 Å². The summed E-state index contributed by atoms with van der Waals surface area (Å²) in [6.07, 6.45) is 2.71. The Labute approximate surface area is 122 Å². The van der Waals surface area contributed by atoms with Gasteiger partial charge in [0.1, 0.15) is 0 Å². The van der Waals surface area contributed by atoms with Gasteiger partial charge in [-0.05, 0) is 51.6 Å². The molecule has 2 rings (SSSR count). The van der Waals surface area contributed by atoms with Crippen molar-refractivity contribution in [1.82, 2.24) is 5.32 Å². The monoisotopic (exact) mass is 295 g/mol. The van der Waals surface area contributed by atoms with Gasteiger partial charge in [0.2, 0.25) is 0 Å². The fourth-order valence-electron chi connectivity index (χ4n) is 3.20. The first-order chi connectivity index (χ1) is 9.46. The molecule has 20 heavy (non-hydrogen) atoms. The Morgan fingerprint density at radius 2 is 1.80 bits per heavy atom. The summed E-state index contributed by atoms with van der Waals surface area (Å²) in [5.41, 5.74) is 1.27. The maximum absolute atomic E-state index is 12.6. The minimum Gasteiger partial charge on any atom is -0.316 e. The third-order valence-electron chi connectivity index (χ3n) is 4.51. The lowest BCUT2D eigenvalue weighted by molar-refractivity contribution is 0.355. The second-order valence-corrected chi connectivity index (χ2v) is 8.72. The Morgan fingerprint density at radius 3 is 2.35 bits per heavy atom. The van der Waals surface area contributed by atoms with Gasteiger partial charge in [0.05, 0.1) is 10.5 Å². The highest BCUT2D eigenvalue weighted by Crippen LogP contribution is 2.36. The number of hydrogen-bond donors (Lipinski definition) is 1. The molecule has 1 fully saturated rings. The van der Waals surface area contributed by atoms with Crippen LogP contribution >= 0.6 is 0 Å². The van der Waals surface area contributed by atoms with E-state index in [9.17, 15) is 8.42 Å². The number of benzene rings is 1. The Kier molecular flexibility index (Phi) is 4.86. The molecule has 1 saturated carbocycles. The summed E-state index contributed by atoms with van der Waals surface area (Å²) in [6, 6.07) is 10.4. The maximum Gasteiger partial charge on any atom is 0.157 e. The molecule has 3 atom stereocenters. The summed E-state index contributed by atoms with van der Waals surface area (Å²) in [7, 11) is -1.19. The van der Waals surface area contributed by atoms with E-state index in [1.54, 1.807) is 13.8 Å². The SMILES string of the molecule is CNC1CCC(c2ccccc2)CC1S(=O)(=O)C(C)C. The van der Waals surface area contributed by atoms with Crippen LogP contribution in [-0.4, -0.2) is 32.0 Å². The Morgan fingerprint density at radius 1 is 1.15 bits per heavy atom. The number of hydrogen-bond acceptors (Lipinski definition) is 3. The van der Waals surface area contributed by atoms with E-state index in [1.165, 1.54) is 5.56 Å². The third-order valence-corrected chi connectivity index (χ3v) is 7.19. The summed E-state index contributed by atoms with van der Waals surface area (Å²) in [5.74, 6) is 0.360. The van der Waals surface area contributed by atoms with Gasteiger partial charge in [-0.3, -0.25) is 0 Å². The van der Waals surface area contributed by atoms with E-state index in [1.807, 2.05) is 25.2 Å². The molecule has 1 aliphatic rings. The molecule has 3 unspecified atom stereocenters. The molecule has 0 spiro atoms. The molecule has 4 heteroatoms. The van der Waals surface area contributed by atoms with Gasteiger partial charge in [-0.25, -0.2) is 8.42 Å². The van der Waals surface area contributed by atoms with E-state index in [-0.39, 0.29) is 16.5 Å². The first-order valence-electron chi connectivity index (χ1n) is 7.41. The van der Waals surface area contributed by atoms with E-state index in [0.717, 1.165) is 19.3 Å². The fraction of sp³-hybridized carbons (Fsp3) is 0.625. The minimum atomic E-state index is -3.06. The van der Waals surface area contributed by atoms with Gasteiger partial charge < -0.3 is 5.32 Å². The van der Waals surface area contributed by atoms with Crippen LogP contribution in [0.1, 0.15) is 44.6 Å². The summed E-state index contributed by atoms with van der Waals surface area (Å²) < 4.78 is 25.2. The first-order valence-corrected chi connectivity index (χ1v) is 9.02. The third kappa shape index (κ3) is 3.07. The van der Waals surface area contributed by atoms with Gasteiger partial charge in [0, 0.05) is 6.04 Å². The molecule has 0 saturated heterocycles. The van der Waals surface area contributed by atoms with Gasteiger partial charge in [0.25, 0.3) is 0 Å². The highest BCUT2D eigenvalue weighted by atomic mass is 32.2. The van der Waals surface area contributed by atoms with Crippen molar-refractivity contribution in [2.24, 2.45) is 0 Å². The van der Waals surface area contributed by atoms with Crippen LogP contribution in [0.3, 0.4) is 0 Å². The second-order valence-electron chi connectivity index (χ2n) is 5.99. The normalized spacial score (nSPS) is 27.7. The van der Waals surface area contributed by atoms with Gasteiger partial charge in [0.15, 0.2) is 9.84 Å². The van der Waals surface area contributed by atoms with Gasteiger partial charge in [-0.1, -0.05) is 30.3 Å². The van der Waals surface area contributed by atoms with Crippen molar-refractivity contribution in [2.45, 2.75) is 55.6 Å². The van der Waals surface area contributed by atoms with Crippen LogP contribution < -0.4 is 5.32 Å². The molecule has 1 N–H and O–H groups in total. The molecular weight excluding hydrogens is 270 g/mol. The quantitative estimate of drug-likeness (QED) is 0.929. The summed E-state index contributed by atoms with van der Waals surface area (Å²) in [4.78, 5) is 0. The van der Waals surface area contributed by atoms with Crippen molar-refractivity contribution in [3.05, 3.63) is 35.9 Å². The van der Waals surface area contributed by atoms with Crippen molar-refractivity contribution >= 4 is 9.84 Å². The smallest absolute Gasteiger partial charge is 0.157 e. The van der Waals surface area contributed by atoms with Gasteiger partial charge in [-0.15, -0.1) is 0 Å². The van der Waals surface area contributed by atoms with Crippen LogP contribution in [0.25, 0.3) is 0 Å². The van der Waals surface area contributed by atoms with Crippen molar-refractivity contribution in [2.75, 3.05) is 7.05 Å². The predicted molar refractivity (Wildman–Crippen MR) is 83.7 cm³/mol. The molecule has 1 aliphatic carbocycles. The van der Waals surface area contributed by atoms with E-state index in [0.29, 0.717) is 5.92 Å². The predicted octanol–water partition coefficient (Wildman–Crippen LogP) is 2.73. The van der Waals surface area contributed by atoms with Crippen molar-refractivity contribution in [3.8, 4) is 0 Å². The van der Waals surface area contributed by atoms with Crippen LogP contribution in [0, 0.1) is 0 Å². The summed E-state index contributed by atoms with van der Waals surface area (Å²) >= 11 is 0. The summed E-state index contributed by atoms with van der Waals surface area (Å²) in [5, 5.41) is 2.63. The maximum atomic E-state index is 12.6. The molecule has 0 aromatic heterocycles. The lowest BCUT2D eigenvalue weighted by Gasteiger charge is -2.36. The molecular formula is C16H25NO2S. The topological polar surface area (TPSA) is 46.2 Å². The molecule has 0 heterocycles. The van der Waals surface area contributed by atoms with Crippen LogP contribution in [0.5, 0.6) is 0 Å². The Hall–Kier alpha value is -0.870. The zero-order chi connectivity index (χ0) is 14.8. The van der Waals surface area contributed by atoms with Crippen molar-refractivity contribution in [3.63, 3.8) is 0 Å². The highest BCUT2D eigenvalue weighted by molar-refractivity contribution is 7.92. The lowest BCUT2D eigenvalue weighted by Crippen LogP contribution is -2.48. The molecule has 1 aromatic rings. The average molecular weight is 295 g/mol. The molecule has 3 nitrogen and oxygen atoms in total. The molecule has 0 bridgehead atoms. The minimum absolute atomic E-state index is 0.0855. The molecule has 1 aromatic carbocycles. The van der Waals surface area contributed by atoms with Crippen LogP contribution in [-0.2, 0) is 9.84 Å². The molecule has 0 aliphatic heterocycles. The standard InChI is InChI=1S/C16H25NO2S/c1-12(2)20(18,19)16-11-14(9-10-15(16)17-3)13-7-5-4-6-8-13/h4-8,12,14-17H,9-11H2,1-3H3. The molecule has 112 valence electrons. The first kappa shape index (κ1) is 15.5. The van der Waals surface area contributed by atoms with Gasteiger partial charge in [-0.2, -0.15) is 0 Å². The largest absolute Gasteiger partial charge is 0.316 e. The fourth-order valence-corrected chi connectivity index (χ4v) is 5.13. The highest BCUT2D eigenvalue weighted by Gasteiger charge is 2.39. The summed E-state index contributed by atoms with van der Waals surface area (Å²) in [6.45, 7) is 3.57. The van der Waals surface area contributed by atoms with E-state index < -0.39 is 9.84 Å². The van der Waals surface area contributed by atoms with Crippen molar-refractivity contribution < 1.29 is 8.42 Å². The van der Waals surface area contributed by atoms with Crippen molar-refractivity contribution in [1.29, 1.82) is 0 Å². The van der Waals surface area contributed by atoms with Crippen LogP contribution in [0.4, 0.5) is 0 Å². The Balaban J connectivity index is 2.25. The zero-order valence-electron chi connectivity index (χ0n) is 12.5. The zero-order valence-corrected chi connectivity index (χ0v) is 13.4. The second kappa shape index (κ2) is 6.27. The Bertz CT molecular complexity index is 525. The molecule has 0 radical (unpaired) electrons. The van der Waals surface area contributed by atoms with Gasteiger partial charge >= 0.3 is 0 Å². The van der Waals surface area contributed by atoms with Crippen LogP contribution in [0.2, 0.25) is 0 Å². The van der Waals surface area contributed by atoms with E-state index in [4.69, 9.17) is 0 Å². The number of rotatable bonds is 4. The van der Waals surface area contributed by atoms with E-state index >= 15 is 0 Å².